The number of nitro groups is 1. The van der Waals surface area contributed by atoms with Crippen LogP contribution in [0.1, 0.15) is 37.0 Å². The monoisotopic (exact) mass is 642 g/mol. The Kier molecular flexibility index (Phi) is 7.77. The molecule has 2 bridgehead atoms. The third-order valence-corrected chi connectivity index (χ3v) is 9.90. The van der Waals surface area contributed by atoms with E-state index in [1.807, 2.05) is 4.90 Å². The second-order valence-corrected chi connectivity index (χ2v) is 12.0. The number of ether oxygens (including phenoxy) is 3. The first-order valence-electron chi connectivity index (χ1n) is 14.8. The van der Waals surface area contributed by atoms with Crippen LogP contribution in [0.2, 0.25) is 0 Å². The maximum absolute atomic E-state index is 13.9. The fraction of sp³-hybridized carbons (Fsp3) is 0.394. The zero-order valence-electron chi connectivity index (χ0n) is 26.2. The van der Waals surface area contributed by atoms with Gasteiger partial charge in [0.05, 0.1) is 42.9 Å². The van der Waals surface area contributed by atoms with Gasteiger partial charge in [-0.25, -0.2) is 4.79 Å². The maximum atomic E-state index is 13.9. The molecule has 47 heavy (non-hydrogen) atoms. The molecule has 0 saturated carbocycles. The number of allylic oxidation sites excluding steroid dienone is 4. The van der Waals surface area contributed by atoms with Crippen LogP contribution >= 0.6 is 0 Å². The Bertz CT molecular complexity index is 1860. The van der Waals surface area contributed by atoms with Gasteiger partial charge in [0.15, 0.2) is 23.1 Å². The molecule has 14 heteroatoms. The lowest BCUT2D eigenvalue weighted by molar-refractivity contribution is -0.384. The fourth-order valence-corrected chi connectivity index (χ4v) is 7.73. The molecule has 3 aliphatic heterocycles. The van der Waals surface area contributed by atoms with E-state index >= 15 is 0 Å². The molecule has 0 N–H and O–H groups in total. The number of fused-ring (bicyclic) bond motifs is 5. The van der Waals surface area contributed by atoms with Gasteiger partial charge in [-0.2, -0.15) is 5.26 Å². The summed E-state index contributed by atoms with van der Waals surface area (Å²) >= 11 is 0. The van der Waals surface area contributed by atoms with Gasteiger partial charge in [0.25, 0.3) is 5.69 Å². The number of likely N-dealkylation sites (N-methyl/N-ethyl adjacent to an activating group) is 1. The molecule has 1 fully saturated rings. The third-order valence-electron chi connectivity index (χ3n) is 9.90. The maximum Gasteiger partial charge on any atom is 0.338 e. The summed E-state index contributed by atoms with van der Waals surface area (Å²) in [5.41, 5.74) is 0.751. The quantitative estimate of drug-likeness (QED) is 0.190. The fourth-order valence-electron chi connectivity index (χ4n) is 7.73. The van der Waals surface area contributed by atoms with Crippen LogP contribution in [0, 0.1) is 21.4 Å². The van der Waals surface area contributed by atoms with Gasteiger partial charge in [-0.3, -0.25) is 39.1 Å². The van der Waals surface area contributed by atoms with Crippen molar-refractivity contribution in [1.29, 1.82) is 5.26 Å². The number of nitrogens with zero attached hydrogens (tertiary/aromatic N) is 4. The highest BCUT2D eigenvalue weighted by Crippen LogP contribution is 2.49. The second-order valence-electron chi connectivity index (χ2n) is 12.0. The number of carbonyl (C=O) groups excluding carboxylic acids is 5. The van der Waals surface area contributed by atoms with Crippen molar-refractivity contribution in [3.8, 4) is 6.07 Å². The molecule has 5 atom stereocenters. The normalized spacial score (nSPS) is 27.7. The van der Waals surface area contributed by atoms with E-state index in [1.54, 1.807) is 11.9 Å². The summed E-state index contributed by atoms with van der Waals surface area (Å²) in [4.78, 5) is 82.5. The number of benzene rings is 1. The number of piperazine rings is 1. The van der Waals surface area contributed by atoms with Gasteiger partial charge >= 0.3 is 5.97 Å². The Balaban J connectivity index is 1.47. The molecule has 0 spiro atoms. The largest absolute Gasteiger partial charge is 0.492 e. The van der Waals surface area contributed by atoms with Crippen molar-refractivity contribution in [3.63, 3.8) is 0 Å². The molecule has 0 amide bonds. The molecular formula is C33H30N4O10. The van der Waals surface area contributed by atoms with Gasteiger partial charge in [-0.05, 0) is 45.9 Å². The average molecular weight is 643 g/mol. The molecule has 6 rings (SSSR count). The smallest absolute Gasteiger partial charge is 0.338 e. The molecule has 1 saturated heterocycles. The Labute approximate surface area is 268 Å². The van der Waals surface area contributed by atoms with E-state index in [0.717, 1.165) is 12.1 Å². The van der Waals surface area contributed by atoms with Gasteiger partial charge < -0.3 is 14.2 Å². The van der Waals surface area contributed by atoms with Crippen LogP contribution in [0.4, 0.5) is 5.69 Å². The predicted octanol–water partition coefficient (Wildman–Crippen LogP) is 1.91. The number of hydrogen-bond donors (Lipinski definition) is 0. The molecule has 14 nitrogen and oxygen atoms in total. The Morgan fingerprint density at radius 2 is 1.45 bits per heavy atom. The number of nitriles is 1. The Morgan fingerprint density at radius 3 is 1.98 bits per heavy atom. The first-order valence-corrected chi connectivity index (χ1v) is 14.8. The number of methoxy groups -OCH3 is 2. The molecule has 0 aromatic heterocycles. The number of nitro benzene ring substituents is 1. The van der Waals surface area contributed by atoms with Crippen LogP contribution in [0.5, 0.6) is 0 Å². The molecule has 0 radical (unpaired) electrons. The van der Waals surface area contributed by atoms with Crippen LogP contribution in [-0.2, 0) is 33.4 Å². The van der Waals surface area contributed by atoms with Crippen LogP contribution in [0.25, 0.3) is 0 Å². The number of rotatable bonds is 6. The summed E-state index contributed by atoms with van der Waals surface area (Å²) in [5.74, 6) is -2.93. The van der Waals surface area contributed by atoms with E-state index < -0.39 is 65.1 Å². The van der Waals surface area contributed by atoms with Crippen molar-refractivity contribution in [2.24, 2.45) is 0 Å². The third kappa shape index (κ3) is 4.56. The number of Topliss-reactive ketones (excluding diaryl/α,β-unsaturated/α-hetero) is 4. The second kappa shape index (κ2) is 11.5. The summed E-state index contributed by atoms with van der Waals surface area (Å²) < 4.78 is 16.4. The van der Waals surface area contributed by atoms with Crippen molar-refractivity contribution >= 4 is 34.8 Å². The lowest BCUT2D eigenvalue weighted by atomic mass is 9.67. The van der Waals surface area contributed by atoms with E-state index in [4.69, 9.17) is 14.2 Å². The molecule has 2 aliphatic carbocycles. The number of esters is 1. The van der Waals surface area contributed by atoms with Crippen LogP contribution in [-0.4, -0.2) is 102 Å². The lowest BCUT2D eigenvalue weighted by Crippen LogP contribution is -2.74. The van der Waals surface area contributed by atoms with Gasteiger partial charge in [-0.1, -0.05) is 0 Å². The van der Waals surface area contributed by atoms with Gasteiger partial charge in [0.2, 0.25) is 11.6 Å². The van der Waals surface area contributed by atoms with E-state index in [2.05, 4.69) is 6.07 Å². The van der Waals surface area contributed by atoms with Crippen molar-refractivity contribution in [3.05, 3.63) is 84.9 Å². The highest BCUT2D eigenvalue weighted by molar-refractivity contribution is 6.26. The minimum Gasteiger partial charge on any atom is -0.492 e. The first kappa shape index (κ1) is 31.7. The molecule has 242 valence electrons. The van der Waals surface area contributed by atoms with Crippen LogP contribution in [0.3, 0.4) is 0 Å². The van der Waals surface area contributed by atoms with Gasteiger partial charge in [-0.15, -0.1) is 0 Å². The number of ketones is 4. The first-order chi connectivity index (χ1) is 22.4. The zero-order valence-corrected chi connectivity index (χ0v) is 26.2. The number of hydrogen-bond acceptors (Lipinski definition) is 13. The molecule has 1 aromatic rings. The van der Waals surface area contributed by atoms with Crippen molar-refractivity contribution in [1.82, 2.24) is 9.80 Å². The summed E-state index contributed by atoms with van der Waals surface area (Å²) in [7, 11) is 4.34. The molecule has 5 aliphatic rings. The predicted molar refractivity (Wildman–Crippen MR) is 160 cm³/mol. The Morgan fingerprint density at radius 1 is 0.915 bits per heavy atom. The average Bonchev–Trinajstić information content (AvgIpc) is 3.05. The number of carbonyl (C=O) groups is 5. The molecule has 1 aromatic carbocycles. The zero-order chi connectivity index (χ0) is 34.1. The summed E-state index contributed by atoms with van der Waals surface area (Å²) in [6, 6.07) is 2.90. The summed E-state index contributed by atoms with van der Waals surface area (Å²) in [6.45, 7) is 2.53. The summed E-state index contributed by atoms with van der Waals surface area (Å²) in [6.07, 6.45) is 0.0311. The molecule has 0 unspecified atom stereocenters. The molecular weight excluding hydrogens is 612 g/mol. The summed E-state index contributed by atoms with van der Waals surface area (Å²) in [5, 5.41) is 21.7. The van der Waals surface area contributed by atoms with Crippen LogP contribution < -0.4 is 0 Å². The van der Waals surface area contributed by atoms with Crippen molar-refractivity contribution in [2.75, 3.05) is 27.9 Å². The van der Waals surface area contributed by atoms with Crippen molar-refractivity contribution in [2.45, 2.75) is 56.9 Å². The van der Waals surface area contributed by atoms with Gasteiger partial charge in [0.1, 0.15) is 12.6 Å². The lowest BCUT2D eigenvalue weighted by Gasteiger charge is -2.60. The minimum absolute atomic E-state index is 0.0129. The van der Waals surface area contributed by atoms with E-state index in [-0.39, 0.29) is 69.3 Å². The molecule has 3 heterocycles. The topological polar surface area (TPSA) is 186 Å². The highest BCUT2D eigenvalue weighted by Gasteiger charge is 2.60. The van der Waals surface area contributed by atoms with E-state index in [9.17, 15) is 39.3 Å². The highest BCUT2D eigenvalue weighted by atomic mass is 16.6. The Hall–Kier alpha value is -5.26. The number of non-ortho nitro benzene ring substituents is 1. The SMILES string of the molecule is COC1=C(C)C(=O)C2=C(C1=O)[C@@H]1[C@@H]3CC4=C(C(=O)C(OC)=C(C)C4=O)[C@H](COC(=O)c4ccc([N+](=O)[O-])cc4)N3[C@@H](C#N)[C@H](C2)N1C. The van der Waals surface area contributed by atoms with Gasteiger partial charge in [0, 0.05) is 57.7 Å². The van der Waals surface area contributed by atoms with E-state index in [1.165, 1.54) is 40.2 Å². The van der Waals surface area contributed by atoms with E-state index in [0.29, 0.717) is 5.57 Å². The van der Waals surface area contributed by atoms with Crippen molar-refractivity contribution < 1.29 is 43.1 Å². The minimum atomic E-state index is -1.11. The van der Waals surface area contributed by atoms with Crippen LogP contribution in [0.15, 0.2) is 69.2 Å². The standard InChI is InChI=1S/C33H30N4O10/c1-14-27(38)18-11-21-26-25-19(28(39)15(2)32(46-5)30(25)41)10-20(35(26)3)22(12-34)36(21)23(24(18)29(40)31(14)45-4)13-47-33(42)16-6-8-17(9-7-16)37(43)44/h6-9,20-23,26H,10-11,13H2,1-5H3/t20-,21-,22-,23-,26-/m0/s1.